The highest BCUT2D eigenvalue weighted by molar-refractivity contribution is 6.33. The van der Waals surface area contributed by atoms with Gasteiger partial charge in [-0.3, -0.25) is 4.79 Å². The SMILES string of the molecule is COc1cccc(CN(C)c2cnn(-c3ccccc3)c(=O)c2Cl)c1OC. The first-order chi connectivity index (χ1) is 13.1. The Balaban J connectivity index is 1.94. The first-order valence-corrected chi connectivity index (χ1v) is 8.69. The van der Waals surface area contributed by atoms with Gasteiger partial charge in [0.05, 0.1) is 31.8 Å². The van der Waals surface area contributed by atoms with Crippen LogP contribution in [0.15, 0.2) is 59.5 Å². The minimum atomic E-state index is -0.371. The molecule has 27 heavy (non-hydrogen) atoms. The Hall–Kier alpha value is -2.99. The lowest BCUT2D eigenvalue weighted by molar-refractivity contribution is 0.351. The molecule has 0 saturated heterocycles. The molecule has 0 N–H and O–H groups in total. The molecule has 1 aromatic heterocycles. The average molecular weight is 386 g/mol. The quantitative estimate of drug-likeness (QED) is 0.649. The number of benzene rings is 2. The molecular formula is C20H20ClN3O3. The van der Waals surface area contributed by atoms with Crippen molar-refractivity contribution in [2.75, 3.05) is 26.2 Å². The summed E-state index contributed by atoms with van der Waals surface area (Å²) in [6.45, 7) is 0.469. The molecule has 2 aromatic carbocycles. The highest BCUT2D eigenvalue weighted by Gasteiger charge is 2.17. The normalized spacial score (nSPS) is 10.5. The standard InChI is InChI=1S/C20H20ClN3O3/c1-23(13-14-8-7-11-17(26-2)19(14)27-3)16-12-22-24(20(25)18(16)21)15-9-5-4-6-10-15/h4-12H,13H2,1-3H3. The van der Waals surface area contributed by atoms with Gasteiger partial charge in [-0.1, -0.05) is 41.9 Å². The fraction of sp³-hybridized carbons (Fsp3) is 0.200. The zero-order valence-electron chi connectivity index (χ0n) is 15.3. The first-order valence-electron chi connectivity index (χ1n) is 8.31. The predicted molar refractivity (Wildman–Crippen MR) is 106 cm³/mol. The van der Waals surface area contributed by atoms with Crippen LogP contribution in [0.2, 0.25) is 5.02 Å². The summed E-state index contributed by atoms with van der Waals surface area (Å²) >= 11 is 6.37. The molecule has 0 unspecified atom stereocenters. The molecule has 0 aliphatic rings. The monoisotopic (exact) mass is 385 g/mol. The fourth-order valence-electron chi connectivity index (χ4n) is 2.86. The van der Waals surface area contributed by atoms with E-state index < -0.39 is 0 Å². The number of hydrogen-bond donors (Lipinski definition) is 0. The van der Waals surface area contributed by atoms with Crippen LogP contribution in [0.1, 0.15) is 5.56 Å². The third-order valence-corrected chi connectivity index (χ3v) is 4.56. The number of hydrogen-bond acceptors (Lipinski definition) is 5. The molecule has 0 saturated carbocycles. The van der Waals surface area contributed by atoms with E-state index in [1.165, 1.54) is 4.68 Å². The largest absolute Gasteiger partial charge is 0.493 e. The second-order valence-corrected chi connectivity index (χ2v) is 6.28. The molecule has 7 heteroatoms. The molecule has 0 amide bonds. The van der Waals surface area contributed by atoms with Crippen molar-refractivity contribution < 1.29 is 9.47 Å². The van der Waals surface area contributed by atoms with Crippen molar-refractivity contribution >= 4 is 17.3 Å². The van der Waals surface area contributed by atoms with Gasteiger partial charge in [-0.05, 0) is 18.2 Å². The van der Waals surface area contributed by atoms with Crippen LogP contribution in [0, 0.1) is 0 Å². The number of methoxy groups -OCH3 is 2. The van der Waals surface area contributed by atoms with Gasteiger partial charge in [0.1, 0.15) is 5.02 Å². The molecule has 0 radical (unpaired) electrons. The summed E-state index contributed by atoms with van der Waals surface area (Å²) < 4.78 is 12.1. The molecule has 0 bridgehead atoms. The molecular weight excluding hydrogens is 366 g/mol. The fourth-order valence-corrected chi connectivity index (χ4v) is 3.14. The Bertz CT molecular complexity index is 990. The minimum absolute atomic E-state index is 0.109. The number of nitrogens with zero attached hydrogens (tertiary/aromatic N) is 3. The number of ether oxygens (including phenoxy) is 2. The molecule has 1 heterocycles. The van der Waals surface area contributed by atoms with Gasteiger partial charge < -0.3 is 14.4 Å². The maximum atomic E-state index is 12.7. The summed E-state index contributed by atoms with van der Waals surface area (Å²) in [5, 5.41) is 4.38. The summed E-state index contributed by atoms with van der Waals surface area (Å²) in [7, 11) is 5.03. The van der Waals surface area contributed by atoms with E-state index in [0.717, 1.165) is 5.56 Å². The van der Waals surface area contributed by atoms with Crippen LogP contribution >= 0.6 is 11.6 Å². The minimum Gasteiger partial charge on any atom is -0.493 e. The van der Waals surface area contributed by atoms with Gasteiger partial charge in [0.15, 0.2) is 11.5 Å². The summed E-state index contributed by atoms with van der Waals surface area (Å²) in [6.07, 6.45) is 1.59. The highest BCUT2D eigenvalue weighted by Crippen LogP contribution is 2.32. The smallest absolute Gasteiger partial charge is 0.292 e. The van der Waals surface area contributed by atoms with Gasteiger partial charge >= 0.3 is 0 Å². The molecule has 0 fully saturated rings. The zero-order valence-corrected chi connectivity index (χ0v) is 16.1. The number of para-hydroxylation sites is 2. The van der Waals surface area contributed by atoms with Crippen LogP contribution in [0.5, 0.6) is 11.5 Å². The maximum absolute atomic E-state index is 12.7. The van der Waals surface area contributed by atoms with E-state index in [2.05, 4.69) is 5.10 Å². The van der Waals surface area contributed by atoms with Crippen molar-refractivity contribution in [2.45, 2.75) is 6.54 Å². The summed E-state index contributed by atoms with van der Waals surface area (Å²) in [5.74, 6) is 1.29. The van der Waals surface area contributed by atoms with Crippen LogP contribution in [0.25, 0.3) is 5.69 Å². The lowest BCUT2D eigenvalue weighted by atomic mass is 10.1. The third-order valence-electron chi connectivity index (χ3n) is 4.20. The van der Waals surface area contributed by atoms with Crippen LogP contribution < -0.4 is 19.9 Å². The average Bonchev–Trinajstić information content (AvgIpc) is 2.70. The number of aromatic nitrogens is 2. The molecule has 0 spiro atoms. The van der Waals surface area contributed by atoms with E-state index in [1.54, 1.807) is 32.5 Å². The maximum Gasteiger partial charge on any atom is 0.292 e. The van der Waals surface area contributed by atoms with Crippen LogP contribution in [-0.2, 0) is 6.54 Å². The summed E-state index contributed by atoms with van der Waals surface area (Å²) in [5.41, 5.74) is 1.74. The lowest BCUT2D eigenvalue weighted by Crippen LogP contribution is -2.26. The van der Waals surface area contributed by atoms with Gasteiger partial charge in [-0.25, -0.2) is 0 Å². The van der Waals surface area contributed by atoms with Gasteiger partial charge in [0.2, 0.25) is 0 Å². The predicted octanol–water partition coefficient (Wildman–Crippen LogP) is 3.54. The molecule has 3 aromatic rings. The van der Waals surface area contributed by atoms with E-state index in [1.807, 2.05) is 48.3 Å². The Morgan fingerprint density at radius 1 is 1.07 bits per heavy atom. The Morgan fingerprint density at radius 2 is 1.81 bits per heavy atom. The lowest BCUT2D eigenvalue weighted by Gasteiger charge is -2.22. The number of anilines is 1. The topological polar surface area (TPSA) is 56.6 Å². The molecule has 6 nitrogen and oxygen atoms in total. The van der Waals surface area contributed by atoms with Crippen molar-refractivity contribution in [2.24, 2.45) is 0 Å². The second kappa shape index (κ2) is 8.14. The Morgan fingerprint density at radius 3 is 2.48 bits per heavy atom. The summed E-state index contributed by atoms with van der Waals surface area (Å²) in [4.78, 5) is 14.5. The molecule has 140 valence electrons. The Labute approximate surface area is 162 Å². The van der Waals surface area contributed by atoms with E-state index in [0.29, 0.717) is 29.4 Å². The number of rotatable bonds is 6. The van der Waals surface area contributed by atoms with E-state index in [-0.39, 0.29) is 10.6 Å². The van der Waals surface area contributed by atoms with Crippen LogP contribution in [-0.4, -0.2) is 31.0 Å². The highest BCUT2D eigenvalue weighted by atomic mass is 35.5. The molecule has 3 rings (SSSR count). The van der Waals surface area contributed by atoms with Gasteiger partial charge in [-0.15, -0.1) is 0 Å². The van der Waals surface area contributed by atoms with Crippen molar-refractivity contribution in [1.82, 2.24) is 9.78 Å². The van der Waals surface area contributed by atoms with Crippen molar-refractivity contribution in [3.8, 4) is 17.2 Å². The third kappa shape index (κ3) is 3.75. The first kappa shape index (κ1) is 18.8. The van der Waals surface area contributed by atoms with Crippen LogP contribution in [0.3, 0.4) is 0 Å². The van der Waals surface area contributed by atoms with Crippen LogP contribution in [0.4, 0.5) is 5.69 Å². The van der Waals surface area contributed by atoms with Crippen molar-refractivity contribution in [1.29, 1.82) is 0 Å². The molecule has 0 atom stereocenters. The van der Waals surface area contributed by atoms with E-state index in [4.69, 9.17) is 21.1 Å². The number of halogens is 1. The molecule has 0 aliphatic heterocycles. The van der Waals surface area contributed by atoms with E-state index >= 15 is 0 Å². The second-order valence-electron chi connectivity index (χ2n) is 5.91. The van der Waals surface area contributed by atoms with Crippen molar-refractivity contribution in [3.05, 3.63) is 75.7 Å². The van der Waals surface area contributed by atoms with Gasteiger partial charge in [0.25, 0.3) is 5.56 Å². The van der Waals surface area contributed by atoms with Gasteiger partial charge in [-0.2, -0.15) is 9.78 Å². The van der Waals surface area contributed by atoms with Gasteiger partial charge in [0, 0.05) is 19.2 Å². The Kier molecular flexibility index (Phi) is 5.66. The zero-order chi connectivity index (χ0) is 19.4. The molecule has 0 aliphatic carbocycles. The summed E-state index contributed by atoms with van der Waals surface area (Å²) in [6, 6.07) is 14.8. The van der Waals surface area contributed by atoms with E-state index in [9.17, 15) is 4.79 Å². The van der Waals surface area contributed by atoms with Crippen molar-refractivity contribution in [3.63, 3.8) is 0 Å².